The quantitative estimate of drug-likeness (QED) is 0.708. The lowest BCUT2D eigenvalue weighted by molar-refractivity contribution is 0.499. The molecule has 104 valence electrons. The van der Waals surface area contributed by atoms with Gasteiger partial charge in [-0.05, 0) is 45.0 Å². The van der Waals surface area contributed by atoms with Crippen molar-refractivity contribution in [2.24, 2.45) is 0 Å². The van der Waals surface area contributed by atoms with Gasteiger partial charge in [0.15, 0.2) is 5.58 Å². The largest absolute Gasteiger partial charge is 0.466 e. The average Bonchev–Trinajstić information content (AvgIpc) is 2.91. The second-order valence-electron chi connectivity index (χ2n) is 4.98. The lowest BCUT2D eigenvalue weighted by Crippen LogP contribution is -2.06. The maximum absolute atomic E-state index is 5.73. The molecule has 5 nitrogen and oxygen atoms in total. The zero-order chi connectivity index (χ0) is 14.3. The Labute approximate surface area is 116 Å². The molecule has 2 aromatic heterocycles. The number of hydrogen-bond donors (Lipinski definition) is 2. The number of nitrogen functional groups attached to an aromatic ring is 1. The molecule has 0 saturated heterocycles. The van der Waals surface area contributed by atoms with Gasteiger partial charge in [0.2, 0.25) is 0 Å². The molecule has 0 aliphatic carbocycles. The van der Waals surface area contributed by atoms with E-state index in [1.807, 2.05) is 32.9 Å². The molecule has 1 unspecified atom stereocenters. The molecule has 0 spiro atoms. The Balaban J connectivity index is 1.87. The Morgan fingerprint density at radius 2 is 2.00 bits per heavy atom. The first-order chi connectivity index (χ1) is 9.52. The fraction of sp³-hybridized carbons (Fsp3) is 0.267. The third-order valence-corrected chi connectivity index (χ3v) is 3.30. The van der Waals surface area contributed by atoms with E-state index in [1.54, 1.807) is 12.1 Å². The van der Waals surface area contributed by atoms with Gasteiger partial charge < -0.3 is 19.9 Å². The van der Waals surface area contributed by atoms with Crippen molar-refractivity contribution in [2.75, 3.05) is 11.1 Å². The fourth-order valence-corrected chi connectivity index (χ4v) is 2.35. The van der Waals surface area contributed by atoms with E-state index in [0.29, 0.717) is 17.3 Å². The Bertz CT molecular complexity index is 758. The molecule has 3 rings (SSSR count). The molecule has 0 aliphatic rings. The molecule has 2 heterocycles. The summed E-state index contributed by atoms with van der Waals surface area (Å²) in [6.07, 6.45) is 0. The first-order valence-electron chi connectivity index (χ1n) is 6.52. The SMILES string of the molecule is Cc1cc(C(C)Nc2nc3cc(N)ccc3o2)c(C)o1. The number of nitrogens with zero attached hydrogens (tertiary/aromatic N) is 1. The van der Waals surface area contributed by atoms with Crippen LogP contribution in [-0.2, 0) is 0 Å². The van der Waals surface area contributed by atoms with Crippen LogP contribution in [-0.4, -0.2) is 4.98 Å². The molecule has 5 heteroatoms. The summed E-state index contributed by atoms with van der Waals surface area (Å²) >= 11 is 0. The van der Waals surface area contributed by atoms with Crippen molar-refractivity contribution in [3.8, 4) is 0 Å². The number of rotatable bonds is 3. The van der Waals surface area contributed by atoms with Gasteiger partial charge in [-0.3, -0.25) is 0 Å². The van der Waals surface area contributed by atoms with E-state index in [4.69, 9.17) is 14.6 Å². The highest BCUT2D eigenvalue weighted by atomic mass is 16.4. The Morgan fingerprint density at radius 1 is 1.20 bits per heavy atom. The summed E-state index contributed by atoms with van der Waals surface area (Å²) in [4.78, 5) is 4.39. The molecule has 1 atom stereocenters. The molecule has 0 amide bonds. The summed E-state index contributed by atoms with van der Waals surface area (Å²) in [5.74, 6) is 1.80. The number of aromatic nitrogens is 1. The molecule has 0 aliphatic heterocycles. The van der Waals surface area contributed by atoms with Gasteiger partial charge in [-0.25, -0.2) is 0 Å². The summed E-state index contributed by atoms with van der Waals surface area (Å²) < 4.78 is 11.2. The minimum Gasteiger partial charge on any atom is -0.466 e. The van der Waals surface area contributed by atoms with E-state index in [-0.39, 0.29) is 6.04 Å². The van der Waals surface area contributed by atoms with Crippen molar-refractivity contribution in [3.05, 3.63) is 41.3 Å². The third-order valence-electron chi connectivity index (χ3n) is 3.30. The van der Waals surface area contributed by atoms with Crippen LogP contribution in [0.15, 0.2) is 33.1 Å². The second kappa shape index (κ2) is 4.59. The Kier molecular flexibility index (Phi) is 2.89. The van der Waals surface area contributed by atoms with Gasteiger partial charge in [0, 0.05) is 11.3 Å². The summed E-state index contributed by atoms with van der Waals surface area (Å²) in [5.41, 5.74) is 8.97. The lowest BCUT2D eigenvalue weighted by atomic mass is 10.1. The van der Waals surface area contributed by atoms with E-state index < -0.39 is 0 Å². The van der Waals surface area contributed by atoms with Gasteiger partial charge in [-0.1, -0.05) is 0 Å². The predicted molar refractivity (Wildman–Crippen MR) is 78.6 cm³/mol. The van der Waals surface area contributed by atoms with Crippen LogP contribution in [0.2, 0.25) is 0 Å². The van der Waals surface area contributed by atoms with E-state index in [1.165, 1.54) is 0 Å². The number of aryl methyl sites for hydroxylation is 2. The van der Waals surface area contributed by atoms with Crippen LogP contribution >= 0.6 is 0 Å². The topological polar surface area (TPSA) is 77.2 Å². The van der Waals surface area contributed by atoms with Crippen LogP contribution in [0, 0.1) is 13.8 Å². The zero-order valence-electron chi connectivity index (χ0n) is 11.7. The summed E-state index contributed by atoms with van der Waals surface area (Å²) in [7, 11) is 0. The fourth-order valence-electron chi connectivity index (χ4n) is 2.35. The van der Waals surface area contributed by atoms with Crippen molar-refractivity contribution in [1.29, 1.82) is 0 Å². The van der Waals surface area contributed by atoms with Crippen molar-refractivity contribution in [3.63, 3.8) is 0 Å². The van der Waals surface area contributed by atoms with E-state index in [2.05, 4.69) is 10.3 Å². The maximum atomic E-state index is 5.73. The third kappa shape index (κ3) is 2.22. The van der Waals surface area contributed by atoms with Crippen LogP contribution in [0.1, 0.15) is 30.0 Å². The molecule has 0 fully saturated rings. The molecule has 0 saturated carbocycles. The van der Waals surface area contributed by atoms with Gasteiger partial charge in [0.1, 0.15) is 17.0 Å². The number of fused-ring (bicyclic) bond motifs is 1. The van der Waals surface area contributed by atoms with Crippen molar-refractivity contribution in [1.82, 2.24) is 4.98 Å². The maximum Gasteiger partial charge on any atom is 0.296 e. The first kappa shape index (κ1) is 12.6. The average molecular weight is 271 g/mol. The number of hydrogen-bond acceptors (Lipinski definition) is 5. The molecule has 20 heavy (non-hydrogen) atoms. The molecule has 3 N–H and O–H groups in total. The molecular weight excluding hydrogens is 254 g/mol. The van der Waals surface area contributed by atoms with E-state index >= 15 is 0 Å². The van der Waals surface area contributed by atoms with Crippen LogP contribution in [0.3, 0.4) is 0 Å². The Morgan fingerprint density at radius 3 is 2.70 bits per heavy atom. The molecule has 3 aromatic rings. The second-order valence-corrected chi connectivity index (χ2v) is 4.98. The summed E-state index contributed by atoms with van der Waals surface area (Å²) in [5, 5.41) is 3.24. The standard InChI is InChI=1S/C15H17N3O2/c1-8-6-12(10(3)19-8)9(2)17-15-18-13-7-11(16)4-5-14(13)20-15/h4-7,9H,16H2,1-3H3,(H,17,18). The minimum absolute atomic E-state index is 0.0536. The highest BCUT2D eigenvalue weighted by molar-refractivity contribution is 5.78. The van der Waals surface area contributed by atoms with Crippen LogP contribution in [0.5, 0.6) is 0 Å². The minimum atomic E-state index is 0.0536. The van der Waals surface area contributed by atoms with Crippen molar-refractivity contribution in [2.45, 2.75) is 26.8 Å². The number of nitrogens with two attached hydrogens (primary N) is 1. The molecular formula is C15H17N3O2. The molecule has 0 radical (unpaired) electrons. The van der Waals surface area contributed by atoms with Crippen LogP contribution < -0.4 is 11.1 Å². The first-order valence-corrected chi connectivity index (χ1v) is 6.52. The van der Waals surface area contributed by atoms with Gasteiger partial charge in [0.25, 0.3) is 6.01 Å². The normalized spacial score (nSPS) is 12.8. The van der Waals surface area contributed by atoms with Crippen molar-refractivity contribution < 1.29 is 8.83 Å². The lowest BCUT2D eigenvalue weighted by Gasteiger charge is -2.10. The van der Waals surface area contributed by atoms with E-state index in [0.717, 1.165) is 22.6 Å². The van der Waals surface area contributed by atoms with Crippen LogP contribution in [0.25, 0.3) is 11.1 Å². The highest BCUT2D eigenvalue weighted by Gasteiger charge is 2.15. The summed E-state index contributed by atoms with van der Waals surface area (Å²) in [6.45, 7) is 5.93. The van der Waals surface area contributed by atoms with Crippen molar-refractivity contribution >= 4 is 22.8 Å². The predicted octanol–water partition coefficient (Wildman–Crippen LogP) is 3.79. The summed E-state index contributed by atoms with van der Waals surface area (Å²) in [6, 6.07) is 7.97. The van der Waals surface area contributed by atoms with Gasteiger partial charge >= 0.3 is 0 Å². The monoisotopic (exact) mass is 271 g/mol. The molecule has 1 aromatic carbocycles. The Hall–Kier alpha value is -2.43. The highest BCUT2D eigenvalue weighted by Crippen LogP contribution is 2.27. The van der Waals surface area contributed by atoms with Gasteiger partial charge in [-0.2, -0.15) is 4.98 Å². The van der Waals surface area contributed by atoms with Gasteiger partial charge in [0.05, 0.1) is 6.04 Å². The van der Waals surface area contributed by atoms with Gasteiger partial charge in [-0.15, -0.1) is 0 Å². The number of anilines is 2. The number of furan rings is 1. The number of benzene rings is 1. The van der Waals surface area contributed by atoms with E-state index in [9.17, 15) is 0 Å². The number of oxazole rings is 1. The molecule has 0 bridgehead atoms. The zero-order valence-corrected chi connectivity index (χ0v) is 11.7. The smallest absolute Gasteiger partial charge is 0.296 e. The van der Waals surface area contributed by atoms with Crippen LogP contribution in [0.4, 0.5) is 11.7 Å². The number of nitrogens with one attached hydrogen (secondary N) is 1.